The lowest BCUT2D eigenvalue weighted by Gasteiger charge is -2.19. The normalized spacial score (nSPS) is 12.6. The Hall–Kier alpha value is -4.12. The van der Waals surface area contributed by atoms with Crippen molar-refractivity contribution < 1.29 is 0 Å². The highest BCUT2D eigenvalue weighted by Crippen LogP contribution is 2.39. The summed E-state index contributed by atoms with van der Waals surface area (Å²) in [5.74, 6) is 0. The summed E-state index contributed by atoms with van der Waals surface area (Å²) in [6.07, 6.45) is 0. The summed E-state index contributed by atoms with van der Waals surface area (Å²) in [5, 5.41) is 5.09. The minimum absolute atomic E-state index is 0.0836. The van der Waals surface area contributed by atoms with Gasteiger partial charge in [0.2, 0.25) is 0 Å². The van der Waals surface area contributed by atoms with Crippen molar-refractivity contribution in [2.24, 2.45) is 0 Å². The van der Waals surface area contributed by atoms with Crippen LogP contribution in [-0.2, 0) is 10.8 Å². The van der Waals surface area contributed by atoms with Crippen LogP contribution in [-0.4, -0.2) is 9.13 Å². The van der Waals surface area contributed by atoms with Crippen molar-refractivity contribution in [2.45, 2.75) is 52.4 Å². The van der Waals surface area contributed by atoms with Crippen LogP contribution in [0.15, 0.2) is 130 Å². The minimum atomic E-state index is 0.0836. The molecule has 0 aliphatic heterocycles. The molecule has 8 aromatic rings. The highest BCUT2D eigenvalue weighted by molar-refractivity contribution is 9.10. The number of benzene rings is 6. The second-order valence-corrected chi connectivity index (χ2v) is 16.9. The molecule has 2 nitrogen and oxygen atoms in total. The van der Waals surface area contributed by atoms with E-state index in [0.717, 1.165) is 20.3 Å². The SMILES string of the molecule is CC(C)(C)c1ccc2c(c1)c1cc(Br)ccc1n2-c1ccc(-c2ccc(-n3c4ccc(Br)cc4c4cc(C(C)(C)C)ccc43)cc2)cc1. The van der Waals surface area contributed by atoms with E-state index in [0.29, 0.717) is 0 Å². The molecule has 0 spiro atoms. The van der Waals surface area contributed by atoms with Crippen molar-refractivity contribution in [3.05, 3.63) is 141 Å². The standard InChI is InChI=1S/C44H38Br2N2/c1-43(2,3)29-11-19-39-35(23-29)37-25-31(45)13-21-41(37)47(39)33-15-7-27(8-16-33)28-9-17-34(18-10-28)48-40-20-12-30(44(4,5)6)24-36(40)38-26-32(46)14-22-42(38)48/h7-26H,1-6H3. The van der Waals surface area contributed by atoms with E-state index < -0.39 is 0 Å². The zero-order chi connectivity index (χ0) is 33.5. The summed E-state index contributed by atoms with van der Waals surface area (Å²) in [6.45, 7) is 13.7. The molecule has 238 valence electrons. The van der Waals surface area contributed by atoms with Gasteiger partial charge in [0, 0.05) is 41.9 Å². The number of fused-ring (bicyclic) bond motifs is 6. The predicted octanol–water partition coefficient (Wildman–Crippen LogP) is 13.7. The molecule has 0 saturated carbocycles. The summed E-state index contributed by atoms with van der Waals surface area (Å²) in [6, 6.07) is 45.1. The van der Waals surface area contributed by atoms with E-state index >= 15 is 0 Å². The van der Waals surface area contributed by atoms with Gasteiger partial charge < -0.3 is 9.13 Å². The highest BCUT2D eigenvalue weighted by atomic mass is 79.9. The van der Waals surface area contributed by atoms with Crippen molar-refractivity contribution in [3.8, 4) is 22.5 Å². The first-order valence-electron chi connectivity index (χ1n) is 16.6. The third-order valence-corrected chi connectivity index (χ3v) is 10.8. The van der Waals surface area contributed by atoms with Crippen LogP contribution in [0.25, 0.3) is 66.1 Å². The molecular formula is C44H38Br2N2. The Kier molecular flexibility index (Phi) is 7.28. The number of aromatic nitrogens is 2. The first-order chi connectivity index (χ1) is 22.9. The van der Waals surface area contributed by atoms with Gasteiger partial charge in [-0.05, 0) is 118 Å². The Balaban J connectivity index is 1.18. The van der Waals surface area contributed by atoms with Crippen molar-refractivity contribution in [1.82, 2.24) is 9.13 Å². The second-order valence-electron chi connectivity index (χ2n) is 15.1. The smallest absolute Gasteiger partial charge is 0.0541 e. The lowest BCUT2D eigenvalue weighted by Crippen LogP contribution is -2.10. The number of hydrogen-bond acceptors (Lipinski definition) is 0. The molecule has 4 heteroatoms. The molecule has 8 rings (SSSR count). The van der Waals surface area contributed by atoms with E-state index in [2.05, 4.69) is 204 Å². The van der Waals surface area contributed by atoms with E-state index in [9.17, 15) is 0 Å². The molecule has 0 aliphatic carbocycles. The van der Waals surface area contributed by atoms with Gasteiger partial charge in [0.15, 0.2) is 0 Å². The quantitative estimate of drug-likeness (QED) is 0.170. The van der Waals surface area contributed by atoms with Crippen LogP contribution < -0.4 is 0 Å². The van der Waals surface area contributed by atoms with Gasteiger partial charge in [-0.1, -0.05) is 110 Å². The Morgan fingerprint density at radius 1 is 0.375 bits per heavy atom. The maximum absolute atomic E-state index is 3.72. The van der Waals surface area contributed by atoms with Crippen molar-refractivity contribution >= 4 is 75.5 Å². The van der Waals surface area contributed by atoms with Gasteiger partial charge >= 0.3 is 0 Å². The summed E-state index contributed by atoms with van der Waals surface area (Å²) in [7, 11) is 0. The Morgan fingerprint density at radius 2 is 0.688 bits per heavy atom. The minimum Gasteiger partial charge on any atom is -0.309 e. The highest BCUT2D eigenvalue weighted by Gasteiger charge is 2.20. The second kappa shape index (κ2) is 11.2. The largest absolute Gasteiger partial charge is 0.309 e. The topological polar surface area (TPSA) is 9.86 Å². The number of rotatable bonds is 3. The first-order valence-corrected chi connectivity index (χ1v) is 18.2. The molecule has 0 bridgehead atoms. The Labute approximate surface area is 299 Å². The van der Waals surface area contributed by atoms with Crippen LogP contribution >= 0.6 is 31.9 Å². The van der Waals surface area contributed by atoms with Gasteiger partial charge in [0.05, 0.1) is 22.1 Å². The van der Waals surface area contributed by atoms with Crippen LogP contribution in [0.1, 0.15) is 52.7 Å². The molecule has 0 saturated heterocycles. The third-order valence-electron chi connectivity index (χ3n) is 9.77. The van der Waals surface area contributed by atoms with Crippen LogP contribution in [0, 0.1) is 0 Å². The number of nitrogens with zero attached hydrogens (tertiary/aromatic N) is 2. The summed E-state index contributed by atoms with van der Waals surface area (Å²) in [5.41, 5.74) is 12.4. The van der Waals surface area contributed by atoms with E-state index in [4.69, 9.17) is 0 Å². The van der Waals surface area contributed by atoms with Crippen LogP contribution in [0.3, 0.4) is 0 Å². The molecule has 0 unspecified atom stereocenters. The molecule has 6 aromatic carbocycles. The zero-order valence-electron chi connectivity index (χ0n) is 28.2. The van der Waals surface area contributed by atoms with Gasteiger partial charge in [-0.15, -0.1) is 0 Å². The van der Waals surface area contributed by atoms with Gasteiger partial charge in [0.1, 0.15) is 0 Å². The average molecular weight is 755 g/mol. The molecule has 0 radical (unpaired) electrons. The molecule has 2 heterocycles. The lowest BCUT2D eigenvalue weighted by atomic mass is 9.86. The first kappa shape index (κ1) is 31.2. The summed E-state index contributed by atoms with van der Waals surface area (Å²) in [4.78, 5) is 0. The third kappa shape index (κ3) is 5.21. The van der Waals surface area contributed by atoms with E-state index in [1.807, 2.05) is 0 Å². The Morgan fingerprint density at radius 3 is 1.02 bits per heavy atom. The molecule has 48 heavy (non-hydrogen) atoms. The molecule has 0 atom stereocenters. The molecular weight excluding hydrogens is 716 g/mol. The van der Waals surface area contributed by atoms with Gasteiger partial charge in [-0.25, -0.2) is 0 Å². The fourth-order valence-electron chi connectivity index (χ4n) is 7.09. The van der Waals surface area contributed by atoms with Gasteiger partial charge in [0.25, 0.3) is 0 Å². The van der Waals surface area contributed by atoms with E-state index in [-0.39, 0.29) is 10.8 Å². The number of hydrogen-bond donors (Lipinski definition) is 0. The van der Waals surface area contributed by atoms with Gasteiger partial charge in [-0.2, -0.15) is 0 Å². The monoisotopic (exact) mass is 752 g/mol. The molecule has 0 fully saturated rings. The Bertz CT molecular complexity index is 2340. The average Bonchev–Trinajstić information content (AvgIpc) is 3.55. The molecule has 0 amide bonds. The summed E-state index contributed by atoms with van der Waals surface area (Å²) < 4.78 is 6.97. The molecule has 0 N–H and O–H groups in total. The van der Waals surface area contributed by atoms with Crippen molar-refractivity contribution in [1.29, 1.82) is 0 Å². The maximum Gasteiger partial charge on any atom is 0.0541 e. The summed E-state index contributed by atoms with van der Waals surface area (Å²) >= 11 is 7.44. The van der Waals surface area contributed by atoms with Crippen molar-refractivity contribution in [3.63, 3.8) is 0 Å². The molecule has 2 aromatic heterocycles. The lowest BCUT2D eigenvalue weighted by molar-refractivity contribution is 0.591. The van der Waals surface area contributed by atoms with E-state index in [1.54, 1.807) is 0 Å². The van der Waals surface area contributed by atoms with Crippen LogP contribution in [0.2, 0.25) is 0 Å². The fraction of sp³-hybridized carbons (Fsp3) is 0.182. The van der Waals surface area contributed by atoms with Crippen LogP contribution in [0.4, 0.5) is 0 Å². The van der Waals surface area contributed by atoms with Crippen LogP contribution in [0.5, 0.6) is 0 Å². The van der Waals surface area contributed by atoms with Crippen molar-refractivity contribution in [2.75, 3.05) is 0 Å². The maximum atomic E-state index is 3.72. The zero-order valence-corrected chi connectivity index (χ0v) is 31.4. The predicted molar refractivity (Wildman–Crippen MR) is 213 cm³/mol. The molecule has 0 aliphatic rings. The fourth-order valence-corrected chi connectivity index (χ4v) is 7.81. The van der Waals surface area contributed by atoms with Gasteiger partial charge in [-0.3, -0.25) is 0 Å². The van der Waals surface area contributed by atoms with E-state index in [1.165, 1.54) is 65.9 Å². The number of halogens is 2.